The molecule has 2 aliphatic heterocycles. The average molecular weight is 235 g/mol. The highest BCUT2D eigenvalue weighted by Crippen LogP contribution is 2.11. The van der Waals surface area contributed by atoms with Crippen molar-refractivity contribution in [2.24, 2.45) is 7.05 Å². The molecule has 1 N–H and O–H groups in total. The zero-order valence-corrected chi connectivity index (χ0v) is 10.5. The molecule has 94 valence electrons. The fraction of sp³-hybridized carbons (Fsp3) is 0.750. The molecule has 3 heterocycles. The topological polar surface area (TPSA) is 36.3 Å². The minimum Gasteiger partial charge on any atom is -0.314 e. The van der Waals surface area contributed by atoms with Gasteiger partial charge in [-0.25, -0.2) is 0 Å². The van der Waals surface area contributed by atoms with Crippen molar-refractivity contribution in [1.82, 2.24) is 24.9 Å². The summed E-state index contributed by atoms with van der Waals surface area (Å²) in [7, 11) is 1.98. The average Bonchev–Trinajstić information content (AvgIpc) is 2.64. The molecule has 2 aliphatic rings. The molecular weight excluding hydrogens is 214 g/mol. The van der Waals surface area contributed by atoms with Crippen LogP contribution in [0, 0.1) is 0 Å². The molecule has 0 aromatic carbocycles. The van der Waals surface area contributed by atoms with Crippen molar-refractivity contribution in [2.45, 2.75) is 12.6 Å². The van der Waals surface area contributed by atoms with Crippen molar-refractivity contribution >= 4 is 0 Å². The van der Waals surface area contributed by atoms with Crippen LogP contribution < -0.4 is 5.32 Å². The third-order valence-electron chi connectivity index (χ3n) is 3.84. The fourth-order valence-corrected chi connectivity index (χ4v) is 2.59. The Morgan fingerprint density at radius 1 is 1.29 bits per heavy atom. The maximum atomic E-state index is 4.44. The molecule has 0 radical (unpaired) electrons. The monoisotopic (exact) mass is 235 g/mol. The lowest BCUT2D eigenvalue weighted by Crippen LogP contribution is -2.61. The molecule has 0 atom stereocenters. The van der Waals surface area contributed by atoms with E-state index in [0.717, 1.165) is 12.6 Å². The van der Waals surface area contributed by atoms with Crippen LogP contribution in [0.1, 0.15) is 5.69 Å². The van der Waals surface area contributed by atoms with E-state index in [4.69, 9.17) is 0 Å². The third kappa shape index (κ3) is 2.51. The minimum atomic E-state index is 0.798. The van der Waals surface area contributed by atoms with Gasteiger partial charge in [-0.1, -0.05) is 0 Å². The lowest BCUT2D eigenvalue weighted by atomic mass is 10.1. The van der Waals surface area contributed by atoms with E-state index in [2.05, 4.69) is 26.3 Å². The summed E-state index contributed by atoms with van der Waals surface area (Å²) in [5, 5.41) is 7.78. The molecule has 0 aliphatic carbocycles. The molecule has 3 rings (SSSR count). The van der Waals surface area contributed by atoms with E-state index in [-0.39, 0.29) is 0 Å². The summed E-state index contributed by atoms with van der Waals surface area (Å²) >= 11 is 0. The Kier molecular flexibility index (Phi) is 3.13. The van der Waals surface area contributed by atoms with Gasteiger partial charge in [-0.2, -0.15) is 5.10 Å². The predicted octanol–water partition coefficient (Wildman–Crippen LogP) is -0.490. The van der Waals surface area contributed by atoms with Crippen molar-refractivity contribution in [1.29, 1.82) is 0 Å². The molecular formula is C12H21N5. The van der Waals surface area contributed by atoms with Gasteiger partial charge in [0.25, 0.3) is 0 Å². The van der Waals surface area contributed by atoms with Gasteiger partial charge in [-0.3, -0.25) is 14.5 Å². The standard InChI is InChI=1S/C12H21N5/c1-15-3-2-11(14-15)10-16-4-6-17(7-5-16)12-8-13-9-12/h2-3,12-13H,4-10H2,1H3. The predicted molar refractivity (Wildman–Crippen MR) is 66.7 cm³/mol. The summed E-state index contributed by atoms with van der Waals surface area (Å²) in [4.78, 5) is 5.12. The number of hydrogen-bond acceptors (Lipinski definition) is 4. The summed E-state index contributed by atoms with van der Waals surface area (Å²) in [5.41, 5.74) is 1.19. The van der Waals surface area contributed by atoms with Crippen LogP contribution in [-0.4, -0.2) is 64.9 Å². The van der Waals surface area contributed by atoms with E-state index in [0.29, 0.717) is 0 Å². The SMILES string of the molecule is Cn1ccc(CN2CCN(C3CNC3)CC2)n1. The second kappa shape index (κ2) is 4.76. The van der Waals surface area contributed by atoms with Crippen molar-refractivity contribution in [2.75, 3.05) is 39.3 Å². The summed E-state index contributed by atoms with van der Waals surface area (Å²) in [5.74, 6) is 0. The maximum Gasteiger partial charge on any atom is 0.0764 e. The van der Waals surface area contributed by atoms with Crippen LogP contribution in [0.2, 0.25) is 0 Å². The van der Waals surface area contributed by atoms with E-state index in [1.807, 2.05) is 17.9 Å². The molecule has 1 aromatic rings. The van der Waals surface area contributed by atoms with Gasteiger partial charge in [0.05, 0.1) is 5.69 Å². The van der Waals surface area contributed by atoms with Gasteiger partial charge in [0, 0.05) is 65.1 Å². The minimum absolute atomic E-state index is 0.798. The van der Waals surface area contributed by atoms with Crippen LogP contribution in [-0.2, 0) is 13.6 Å². The molecule has 0 unspecified atom stereocenters. The van der Waals surface area contributed by atoms with Crippen LogP contribution >= 0.6 is 0 Å². The first-order valence-electron chi connectivity index (χ1n) is 6.47. The Bertz CT molecular complexity index is 363. The van der Waals surface area contributed by atoms with E-state index in [1.54, 1.807) is 0 Å². The quantitative estimate of drug-likeness (QED) is 0.767. The first kappa shape index (κ1) is 11.2. The number of aromatic nitrogens is 2. The van der Waals surface area contributed by atoms with Crippen molar-refractivity contribution in [3.8, 4) is 0 Å². The van der Waals surface area contributed by atoms with Gasteiger partial charge in [0.2, 0.25) is 0 Å². The van der Waals surface area contributed by atoms with Crippen LogP contribution in [0.3, 0.4) is 0 Å². The second-order valence-electron chi connectivity index (χ2n) is 5.10. The summed E-state index contributed by atoms with van der Waals surface area (Å²) in [6.07, 6.45) is 2.02. The summed E-state index contributed by atoms with van der Waals surface area (Å²) in [6, 6.07) is 2.91. The molecule has 0 bridgehead atoms. The summed E-state index contributed by atoms with van der Waals surface area (Å²) < 4.78 is 1.88. The number of hydrogen-bond donors (Lipinski definition) is 1. The number of nitrogens with one attached hydrogen (secondary N) is 1. The molecule has 0 spiro atoms. The van der Waals surface area contributed by atoms with Gasteiger partial charge >= 0.3 is 0 Å². The van der Waals surface area contributed by atoms with Gasteiger partial charge in [-0.15, -0.1) is 0 Å². The Hall–Kier alpha value is -0.910. The maximum absolute atomic E-state index is 4.44. The third-order valence-corrected chi connectivity index (χ3v) is 3.84. The molecule has 0 amide bonds. The highest BCUT2D eigenvalue weighted by molar-refractivity contribution is 4.99. The number of rotatable bonds is 3. The molecule has 2 fully saturated rings. The van der Waals surface area contributed by atoms with Crippen LogP contribution in [0.4, 0.5) is 0 Å². The van der Waals surface area contributed by atoms with Crippen molar-refractivity contribution in [3.05, 3.63) is 18.0 Å². The fourth-order valence-electron chi connectivity index (χ4n) is 2.59. The second-order valence-corrected chi connectivity index (χ2v) is 5.10. The Morgan fingerprint density at radius 3 is 2.59 bits per heavy atom. The molecule has 0 saturated carbocycles. The highest BCUT2D eigenvalue weighted by atomic mass is 15.3. The first-order chi connectivity index (χ1) is 8.31. The van der Waals surface area contributed by atoms with E-state index >= 15 is 0 Å². The Morgan fingerprint density at radius 2 is 2.06 bits per heavy atom. The number of nitrogens with zero attached hydrogens (tertiary/aromatic N) is 4. The molecule has 1 aromatic heterocycles. The molecule has 5 nitrogen and oxygen atoms in total. The lowest BCUT2D eigenvalue weighted by molar-refractivity contribution is 0.0689. The molecule has 2 saturated heterocycles. The highest BCUT2D eigenvalue weighted by Gasteiger charge is 2.27. The van der Waals surface area contributed by atoms with Gasteiger partial charge < -0.3 is 5.32 Å². The van der Waals surface area contributed by atoms with Crippen molar-refractivity contribution < 1.29 is 0 Å². The van der Waals surface area contributed by atoms with Crippen molar-refractivity contribution in [3.63, 3.8) is 0 Å². The Labute approximate surface area is 102 Å². The van der Waals surface area contributed by atoms with Gasteiger partial charge in [0.15, 0.2) is 0 Å². The van der Waals surface area contributed by atoms with E-state index in [9.17, 15) is 0 Å². The van der Waals surface area contributed by atoms with Gasteiger partial charge in [0.1, 0.15) is 0 Å². The van der Waals surface area contributed by atoms with E-state index in [1.165, 1.54) is 45.0 Å². The van der Waals surface area contributed by atoms with Crippen LogP contribution in [0.5, 0.6) is 0 Å². The van der Waals surface area contributed by atoms with Gasteiger partial charge in [-0.05, 0) is 6.07 Å². The van der Waals surface area contributed by atoms with Crippen LogP contribution in [0.25, 0.3) is 0 Å². The zero-order chi connectivity index (χ0) is 11.7. The van der Waals surface area contributed by atoms with E-state index < -0.39 is 0 Å². The Balaban J connectivity index is 1.47. The first-order valence-corrected chi connectivity index (χ1v) is 6.47. The lowest BCUT2D eigenvalue weighted by Gasteiger charge is -2.43. The molecule has 5 heteroatoms. The largest absolute Gasteiger partial charge is 0.314 e. The smallest absolute Gasteiger partial charge is 0.0764 e. The zero-order valence-electron chi connectivity index (χ0n) is 10.5. The van der Waals surface area contributed by atoms with Crippen LogP contribution in [0.15, 0.2) is 12.3 Å². The number of piperazine rings is 1. The number of aryl methyl sites for hydroxylation is 1. The summed E-state index contributed by atoms with van der Waals surface area (Å²) in [6.45, 7) is 8.12. The normalized spacial score (nSPS) is 23.8. The molecule has 17 heavy (non-hydrogen) atoms.